The first-order valence-electron chi connectivity index (χ1n) is 4.63. The molecule has 1 unspecified atom stereocenters. The lowest BCUT2D eigenvalue weighted by molar-refractivity contribution is -0.118. The van der Waals surface area contributed by atoms with E-state index in [1.165, 1.54) is 0 Å². The molecule has 1 aliphatic rings. The molecule has 0 bridgehead atoms. The van der Waals surface area contributed by atoms with Crippen LogP contribution in [0.4, 0.5) is 0 Å². The Kier molecular flexibility index (Phi) is 2.08. The predicted molar refractivity (Wildman–Crippen MR) is 54.3 cm³/mol. The summed E-state index contributed by atoms with van der Waals surface area (Å²) in [6.45, 7) is 0. The number of fused-ring (bicyclic) bond motifs is 1. The largest absolute Gasteiger partial charge is 0.370 e. The zero-order valence-corrected chi connectivity index (χ0v) is 7.79. The molecule has 1 atom stereocenters. The maximum Gasteiger partial charge on any atom is 0.218 e. The number of benzene rings is 1. The van der Waals surface area contributed by atoms with E-state index < -0.39 is 0 Å². The smallest absolute Gasteiger partial charge is 0.218 e. The number of hydrogen-bond acceptors (Lipinski definition) is 2. The van der Waals surface area contributed by atoms with Crippen molar-refractivity contribution in [1.29, 1.82) is 5.41 Å². The zero-order valence-electron chi connectivity index (χ0n) is 7.79. The molecule has 0 fully saturated rings. The van der Waals surface area contributed by atoms with Crippen LogP contribution in [0.1, 0.15) is 17.5 Å². The molecule has 3 N–H and O–H groups in total. The third kappa shape index (κ3) is 1.41. The molecule has 0 saturated heterocycles. The molecule has 3 heteroatoms. The van der Waals surface area contributed by atoms with Crippen LogP contribution in [0.25, 0.3) is 0 Å². The van der Waals surface area contributed by atoms with Crippen LogP contribution in [0.2, 0.25) is 0 Å². The molecule has 1 aromatic rings. The van der Waals surface area contributed by atoms with E-state index in [1.54, 1.807) is 0 Å². The number of hydrogen-bond donors (Lipinski definition) is 2. The highest BCUT2D eigenvalue weighted by molar-refractivity contribution is 6.05. The lowest BCUT2D eigenvalue weighted by atomic mass is 10.0. The van der Waals surface area contributed by atoms with E-state index in [0.29, 0.717) is 5.71 Å². The Bertz CT molecular complexity index is 398. The third-order valence-electron chi connectivity index (χ3n) is 2.63. The Morgan fingerprint density at radius 2 is 2.21 bits per heavy atom. The number of nitrogens with one attached hydrogen (secondary N) is 1. The molecule has 0 saturated carbocycles. The van der Waals surface area contributed by atoms with Crippen molar-refractivity contribution >= 4 is 11.6 Å². The number of carbonyl (C=O) groups excluding carboxylic acids is 1. The van der Waals surface area contributed by atoms with Crippen molar-refractivity contribution in [3.05, 3.63) is 35.4 Å². The molecular weight excluding hydrogens is 176 g/mol. The van der Waals surface area contributed by atoms with Gasteiger partial charge in [-0.15, -0.1) is 0 Å². The number of rotatable bonds is 2. The summed E-state index contributed by atoms with van der Waals surface area (Å²) in [6.07, 6.45) is 1.06. The monoisotopic (exact) mass is 188 g/mol. The fourth-order valence-electron chi connectivity index (χ4n) is 1.97. The SMILES string of the molecule is N=C1c2ccccc2CC1CC(N)=O. The maximum atomic E-state index is 10.8. The average molecular weight is 188 g/mol. The number of primary amides is 1. The van der Waals surface area contributed by atoms with Crippen molar-refractivity contribution in [3.63, 3.8) is 0 Å². The molecule has 3 nitrogen and oxygen atoms in total. The number of nitrogens with two attached hydrogens (primary N) is 1. The van der Waals surface area contributed by atoms with Crippen LogP contribution < -0.4 is 5.73 Å². The summed E-state index contributed by atoms with van der Waals surface area (Å²) in [6, 6.07) is 7.81. The van der Waals surface area contributed by atoms with Crippen LogP contribution in [0.15, 0.2) is 24.3 Å². The Labute approximate surface area is 82.4 Å². The first-order chi connectivity index (χ1) is 6.68. The molecule has 2 rings (SSSR count). The number of carbonyl (C=O) groups is 1. The first-order valence-corrected chi connectivity index (χ1v) is 4.63. The fraction of sp³-hybridized carbons (Fsp3) is 0.273. The zero-order chi connectivity index (χ0) is 10.1. The van der Waals surface area contributed by atoms with Gasteiger partial charge in [-0.3, -0.25) is 4.79 Å². The van der Waals surface area contributed by atoms with Crippen molar-refractivity contribution in [1.82, 2.24) is 0 Å². The van der Waals surface area contributed by atoms with Crippen LogP contribution in [0.3, 0.4) is 0 Å². The van der Waals surface area contributed by atoms with E-state index in [-0.39, 0.29) is 18.2 Å². The van der Waals surface area contributed by atoms with E-state index in [2.05, 4.69) is 0 Å². The molecule has 72 valence electrons. The molecule has 1 aromatic carbocycles. The van der Waals surface area contributed by atoms with Crippen LogP contribution in [0.5, 0.6) is 0 Å². The standard InChI is InChI=1S/C11H12N2O/c12-10(14)6-8-5-7-3-1-2-4-9(7)11(8)13/h1-4,8,13H,5-6H2,(H2,12,14). The minimum atomic E-state index is -0.326. The quantitative estimate of drug-likeness (QED) is 0.717. The normalized spacial score (nSPS) is 19.4. The second kappa shape index (κ2) is 3.25. The first kappa shape index (κ1) is 8.94. The maximum absolute atomic E-state index is 10.8. The lowest BCUT2D eigenvalue weighted by Crippen LogP contribution is -2.20. The van der Waals surface area contributed by atoms with Gasteiger partial charge in [-0.25, -0.2) is 0 Å². The average Bonchev–Trinajstić information content (AvgIpc) is 2.44. The summed E-state index contributed by atoms with van der Waals surface area (Å²) >= 11 is 0. The number of amides is 1. The molecule has 1 amide bonds. The molecule has 0 spiro atoms. The topological polar surface area (TPSA) is 66.9 Å². The van der Waals surface area contributed by atoms with Gasteiger partial charge < -0.3 is 11.1 Å². The van der Waals surface area contributed by atoms with Crippen LogP contribution in [-0.4, -0.2) is 11.6 Å². The molecule has 0 radical (unpaired) electrons. The van der Waals surface area contributed by atoms with Gasteiger partial charge in [-0.1, -0.05) is 24.3 Å². The van der Waals surface area contributed by atoms with Crippen LogP contribution >= 0.6 is 0 Å². The van der Waals surface area contributed by atoms with Crippen LogP contribution in [-0.2, 0) is 11.2 Å². The molecule has 0 aliphatic heterocycles. The van der Waals surface area contributed by atoms with Crippen molar-refractivity contribution < 1.29 is 4.79 Å². The van der Waals surface area contributed by atoms with Gasteiger partial charge in [0, 0.05) is 18.1 Å². The predicted octanol–water partition coefficient (Wildman–Crippen LogP) is 1.10. The van der Waals surface area contributed by atoms with Gasteiger partial charge in [-0.2, -0.15) is 0 Å². The van der Waals surface area contributed by atoms with E-state index in [9.17, 15) is 4.79 Å². The van der Waals surface area contributed by atoms with E-state index >= 15 is 0 Å². The second-order valence-corrected chi connectivity index (χ2v) is 3.64. The van der Waals surface area contributed by atoms with Gasteiger partial charge >= 0.3 is 0 Å². The molecule has 0 aromatic heterocycles. The van der Waals surface area contributed by atoms with E-state index in [4.69, 9.17) is 11.1 Å². The minimum Gasteiger partial charge on any atom is -0.370 e. The summed E-state index contributed by atoms with van der Waals surface area (Å²) in [7, 11) is 0. The van der Waals surface area contributed by atoms with Crippen molar-refractivity contribution in [2.75, 3.05) is 0 Å². The third-order valence-corrected chi connectivity index (χ3v) is 2.63. The summed E-state index contributed by atoms with van der Waals surface area (Å²) < 4.78 is 0. The lowest BCUT2D eigenvalue weighted by Gasteiger charge is -2.05. The molecule has 0 heterocycles. The van der Waals surface area contributed by atoms with E-state index in [1.807, 2.05) is 24.3 Å². The minimum absolute atomic E-state index is 0.00935. The van der Waals surface area contributed by atoms with Gasteiger partial charge in [-0.05, 0) is 17.5 Å². The summed E-state index contributed by atoms with van der Waals surface area (Å²) in [5.41, 5.74) is 7.82. The Balaban J connectivity index is 2.26. The highest BCUT2D eigenvalue weighted by Gasteiger charge is 2.27. The van der Waals surface area contributed by atoms with Gasteiger partial charge in [0.15, 0.2) is 0 Å². The summed E-state index contributed by atoms with van der Waals surface area (Å²) in [5, 5.41) is 7.87. The summed E-state index contributed by atoms with van der Waals surface area (Å²) in [5.74, 6) is -0.336. The second-order valence-electron chi connectivity index (χ2n) is 3.64. The molecule has 1 aliphatic carbocycles. The Morgan fingerprint density at radius 3 is 2.86 bits per heavy atom. The fourth-order valence-corrected chi connectivity index (χ4v) is 1.97. The van der Waals surface area contributed by atoms with Gasteiger partial charge in [0.1, 0.15) is 0 Å². The van der Waals surface area contributed by atoms with Crippen molar-refractivity contribution in [2.45, 2.75) is 12.8 Å². The van der Waals surface area contributed by atoms with Crippen molar-refractivity contribution in [3.8, 4) is 0 Å². The van der Waals surface area contributed by atoms with Crippen LogP contribution in [0, 0.1) is 11.3 Å². The summed E-state index contributed by atoms with van der Waals surface area (Å²) in [4.78, 5) is 10.8. The Hall–Kier alpha value is -1.64. The van der Waals surface area contributed by atoms with Gasteiger partial charge in [0.2, 0.25) is 5.91 Å². The molecular formula is C11H12N2O. The highest BCUT2D eigenvalue weighted by Crippen LogP contribution is 2.28. The molecule has 14 heavy (non-hydrogen) atoms. The van der Waals surface area contributed by atoms with E-state index in [0.717, 1.165) is 17.5 Å². The Morgan fingerprint density at radius 1 is 1.50 bits per heavy atom. The van der Waals surface area contributed by atoms with Gasteiger partial charge in [0.05, 0.1) is 0 Å². The highest BCUT2D eigenvalue weighted by atomic mass is 16.1. The van der Waals surface area contributed by atoms with Crippen molar-refractivity contribution in [2.24, 2.45) is 11.7 Å². The van der Waals surface area contributed by atoms with Gasteiger partial charge in [0.25, 0.3) is 0 Å².